The maximum Gasteiger partial charge on any atom is 0.303 e. The number of aromatic nitrogens is 2. The van der Waals surface area contributed by atoms with E-state index < -0.39 is 34.2 Å². The molecule has 230 valence electrons. The fourth-order valence-electron chi connectivity index (χ4n) is 5.69. The number of benzene rings is 1. The van der Waals surface area contributed by atoms with Crippen LogP contribution in [0.1, 0.15) is 116 Å². The third kappa shape index (κ3) is 9.22. The van der Waals surface area contributed by atoms with Gasteiger partial charge >= 0.3 is 11.9 Å². The second-order valence-electron chi connectivity index (χ2n) is 11.4. The van der Waals surface area contributed by atoms with Crippen molar-refractivity contribution in [2.24, 2.45) is 0 Å². The third-order valence-corrected chi connectivity index (χ3v) is 8.10. The number of unbranched alkanes of at least 4 members (excludes halogenated alkanes) is 14. The van der Waals surface area contributed by atoms with E-state index in [-0.39, 0.29) is 34.4 Å². The number of carbonyl (C=O) groups is 2. The maximum absolute atomic E-state index is 13.0. The summed E-state index contributed by atoms with van der Waals surface area (Å²) in [5.41, 5.74) is -1.67. The fourth-order valence-corrected chi connectivity index (χ4v) is 5.69. The van der Waals surface area contributed by atoms with E-state index in [2.05, 4.69) is 0 Å². The van der Waals surface area contributed by atoms with Crippen molar-refractivity contribution in [3.63, 3.8) is 0 Å². The van der Waals surface area contributed by atoms with Gasteiger partial charge in [-0.15, -0.1) is 0 Å². The number of aliphatic carboxylic acids is 2. The first-order valence-electron chi connectivity index (χ1n) is 15.6. The van der Waals surface area contributed by atoms with Gasteiger partial charge in [0.05, 0.1) is 21.5 Å². The molecule has 3 aromatic rings. The zero-order valence-corrected chi connectivity index (χ0v) is 24.5. The summed E-state index contributed by atoms with van der Waals surface area (Å²) in [6.07, 6.45) is 14.8. The zero-order valence-electron chi connectivity index (χ0n) is 24.5. The first-order valence-corrected chi connectivity index (χ1v) is 15.6. The molecule has 10 nitrogen and oxygen atoms in total. The molecule has 0 radical (unpaired) electrons. The summed E-state index contributed by atoms with van der Waals surface area (Å²) < 4.78 is 2.43. The molecule has 0 bridgehead atoms. The lowest BCUT2D eigenvalue weighted by Gasteiger charge is -2.02. The van der Waals surface area contributed by atoms with Gasteiger partial charge in [-0.1, -0.05) is 77.0 Å². The molecule has 0 atom stereocenters. The zero-order chi connectivity index (χ0) is 30.5. The van der Waals surface area contributed by atoms with Crippen molar-refractivity contribution in [2.75, 3.05) is 0 Å². The molecule has 2 aromatic heterocycles. The second-order valence-corrected chi connectivity index (χ2v) is 11.4. The lowest BCUT2D eigenvalue weighted by Crippen LogP contribution is -2.26. The van der Waals surface area contributed by atoms with Gasteiger partial charge in [-0.2, -0.15) is 0 Å². The summed E-state index contributed by atoms with van der Waals surface area (Å²) >= 11 is 0. The summed E-state index contributed by atoms with van der Waals surface area (Å²) in [7, 11) is 0. The van der Waals surface area contributed by atoms with Crippen molar-refractivity contribution in [3.05, 3.63) is 53.5 Å². The molecule has 42 heavy (non-hydrogen) atoms. The number of hydrogen-bond acceptors (Lipinski definition) is 6. The number of hydrogen-bond donors (Lipinski definition) is 2. The summed E-state index contributed by atoms with van der Waals surface area (Å²) in [5.74, 6) is -1.52. The van der Waals surface area contributed by atoms with Crippen LogP contribution in [0.25, 0.3) is 21.5 Å². The molecule has 0 saturated carbocycles. The maximum atomic E-state index is 13.0. The third-order valence-electron chi connectivity index (χ3n) is 8.10. The summed E-state index contributed by atoms with van der Waals surface area (Å²) in [6, 6.07) is 2.83. The number of fused-ring (bicyclic) bond motifs is 2. The van der Waals surface area contributed by atoms with Crippen molar-refractivity contribution < 1.29 is 19.8 Å². The predicted octanol–water partition coefficient (Wildman–Crippen LogP) is 5.10. The average molecular weight is 585 g/mol. The lowest BCUT2D eigenvalue weighted by atomic mass is 10.1. The number of carboxylic acids is 2. The van der Waals surface area contributed by atoms with Crippen LogP contribution in [0.2, 0.25) is 0 Å². The highest BCUT2D eigenvalue weighted by atomic mass is 16.4. The van der Waals surface area contributed by atoms with E-state index in [4.69, 9.17) is 10.2 Å². The molecule has 2 N–H and O–H groups in total. The minimum absolute atomic E-state index is 0.187. The highest BCUT2D eigenvalue weighted by Crippen LogP contribution is 2.16. The van der Waals surface area contributed by atoms with Gasteiger partial charge in [-0.3, -0.25) is 37.9 Å². The summed E-state index contributed by atoms with van der Waals surface area (Å²) in [5, 5.41) is 18.1. The van der Waals surface area contributed by atoms with E-state index in [1.165, 1.54) is 21.3 Å². The van der Waals surface area contributed by atoms with Crippen LogP contribution in [0, 0.1) is 0 Å². The highest BCUT2D eigenvalue weighted by Gasteiger charge is 2.19. The Morgan fingerprint density at radius 2 is 0.667 bits per heavy atom. The van der Waals surface area contributed by atoms with E-state index >= 15 is 0 Å². The van der Waals surface area contributed by atoms with Crippen molar-refractivity contribution in [2.45, 2.75) is 129 Å². The normalized spacial score (nSPS) is 11.6. The van der Waals surface area contributed by atoms with Gasteiger partial charge in [0, 0.05) is 25.9 Å². The van der Waals surface area contributed by atoms with Gasteiger partial charge in [0.15, 0.2) is 0 Å². The van der Waals surface area contributed by atoms with Crippen LogP contribution in [0.3, 0.4) is 0 Å². The molecule has 3 rings (SSSR count). The van der Waals surface area contributed by atoms with Crippen LogP contribution in [0.5, 0.6) is 0 Å². The van der Waals surface area contributed by atoms with Crippen LogP contribution in [-0.4, -0.2) is 31.3 Å². The topological polar surface area (TPSA) is 153 Å². The number of carboxylic acid groups (broad SMARTS) is 2. The molecule has 10 heteroatoms. The van der Waals surface area contributed by atoms with Crippen molar-refractivity contribution >= 4 is 33.5 Å². The van der Waals surface area contributed by atoms with Crippen molar-refractivity contribution in [1.82, 2.24) is 9.13 Å². The minimum Gasteiger partial charge on any atom is -0.481 e. The van der Waals surface area contributed by atoms with E-state index in [0.717, 1.165) is 77.0 Å². The average Bonchev–Trinajstić information content (AvgIpc) is 3.33. The minimum atomic E-state index is -0.758. The van der Waals surface area contributed by atoms with Gasteiger partial charge in [-0.05, 0) is 37.8 Å². The molecule has 0 amide bonds. The SMILES string of the molecule is O=C(O)CCCCCCCCCCn1c(=O)c2cc3c(=O)n(CCCCCCCCCCC(=O)O)c(=O)c3cc2c1=O. The van der Waals surface area contributed by atoms with Gasteiger partial charge in [-0.25, -0.2) is 0 Å². The Labute approximate surface area is 244 Å². The van der Waals surface area contributed by atoms with Crippen molar-refractivity contribution in [3.8, 4) is 0 Å². The Morgan fingerprint density at radius 1 is 0.429 bits per heavy atom. The smallest absolute Gasteiger partial charge is 0.303 e. The molecular formula is C32H44N2O8. The predicted molar refractivity (Wildman–Crippen MR) is 163 cm³/mol. The highest BCUT2D eigenvalue weighted by molar-refractivity contribution is 5.97. The van der Waals surface area contributed by atoms with Gasteiger partial charge in [0.2, 0.25) is 0 Å². The van der Waals surface area contributed by atoms with Crippen LogP contribution >= 0.6 is 0 Å². The van der Waals surface area contributed by atoms with Crippen LogP contribution in [-0.2, 0) is 22.7 Å². The molecule has 0 aliphatic carbocycles. The Hall–Kier alpha value is -3.56. The van der Waals surface area contributed by atoms with E-state index in [0.29, 0.717) is 38.8 Å². The second kappa shape index (κ2) is 16.8. The Kier molecular flexibility index (Phi) is 13.2. The molecule has 0 aliphatic rings. The standard InChI is InChI=1S/C32H44N2O8/c35-27(36)17-13-9-5-1-3-7-11-15-19-33-29(39)23-21-25-26(22-24(23)30(33)40)32(42)34(31(25)41)20-16-12-8-4-2-6-10-14-18-28(37)38/h21-22H,1-20H2,(H,35,36)(H,37,38). The lowest BCUT2D eigenvalue weighted by molar-refractivity contribution is -0.138. The quantitative estimate of drug-likeness (QED) is 0.155. The number of nitrogens with zero attached hydrogens (tertiary/aromatic N) is 2. The van der Waals surface area contributed by atoms with E-state index in [9.17, 15) is 28.8 Å². The van der Waals surface area contributed by atoms with Gasteiger partial charge in [0.1, 0.15) is 0 Å². The molecular weight excluding hydrogens is 540 g/mol. The van der Waals surface area contributed by atoms with E-state index in [1.807, 2.05) is 0 Å². The summed E-state index contributed by atoms with van der Waals surface area (Å²) in [6.45, 7) is 0.595. The van der Waals surface area contributed by atoms with Crippen molar-refractivity contribution in [1.29, 1.82) is 0 Å². The van der Waals surface area contributed by atoms with Gasteiger partial charge in [0.25, 0.3) is 22.2 Å². The molecule has 2 heterocycles. The first kappa shape index (κ1) is 32.9. The fraction of sp³-hybridized carbons (Fsp3) is 0.625. The van der Waals surface area contributed by atoms with Crippen LogP contribution in [0.15, 0.2) is 31.3 Å². The van der Waals surface area contributed by atoms with E-state index in [1.54, 1.807) is 0 Å². The van der Waals surface area contributed by atoms with Crippen LogP contribution in [0.4, 0.5) is 0 Å². The molecule has 0 unspecified atom stereocenters. The Balaban J connectivity index is 1.49. The molecule has 0 aliphatic heterocycles. The summed E-state index contributed by atoms with van der Waals surface area (Å²) in [4.78, 5) is 73.1. The van der Waals surface area contributed by atoms with Gasteiger partial charge < -0.3 is 10.2 Å². The molecule has 1 aromatic carbocycles. The molecule has 0 spiro atoms. The largest absolute Gasteiger partial charge is 0.481 e. The number of rotatable bonds is 22. The monoisotopic (exact) mass is 584 g/mol. The molecule has 0 saturated heterocycles. The first-order chi connectivity index (χ1) is 20.2. The Bertz CT molecular complexity index is 1350. The van der Waals surface area contributed by atoms with Crippen LogP contribution < -0.4 is 22.2 Å². The molecule has 0 fully saturated rings. The Morgan fingerprint density at radius 3 is 0.929 bits per heavy atom.